The van der Waals surface area contributed by atoms with E-state index in [1.54, 1.807) is 15.9 Å². The zero-order valence-electron chi connectivity index (χ0n) is 20.6. The van der Waals surface area contributed by atoms with E-state index < -0.39 is 18.1 Å². The maximum absolute atomic E-state index is 13.7. The molecular weight excluding hydrogens is 489 g/mol. The van der Waals surface area contributed by atoms with Crippen LogP contribution < -0.4 is 9.64 Å². The zero-order chi connectivity index (χ0) is 26.9. The van der Waals surface area contributed by atoms with Crippen molar-refractivity contribution in [3.05, 3.63) is 59.7 Å². The van der Waals surface area contributed by atoms with Gasteiger partial charge in [0.25, 0.3) is 5.91 Å². The number of halogens is 3. The second-order valence-corrected chi connectivity index (χ2v) is 9.70. The second kappa shape index (κ2) is 10.4. The molecule has 37 heavy (non-hydrogen) atoms. The van der Waals surface area contributed by atoms with Gasteiger partial charge in [-0.25, -0.2) is 0 Å². The number of rotatable bonds is 7. The van der Waals surface area contributed by atoms with E-state index in [1.807, 2.05) is 32.0 Å². The summed E-state index contributed by atoms with van der Waals surface area (Å²) in [6.45, 7) is 3.79. The number of hydrogen-bond acceptors (Lipinski definition) is 4. The van der Waals surface area contributed by atoms with E-state index in [2.05, 4.69) is 4.74 Å². The Hall–Kier alpha value is -3.56. The van der Waals surface area contributed by atoms with Crippen molar-refractivity contribution in [2.45, 2.75) is 70.4 Å². The number of carboxylic acid groups (broad SMARTS) is 1. The number of hydrogen-bond donors (Lipinski definition) is 1. The predicted molar refractivity (Wildman–Crippen MR) is 129 cm³/mol. The van der Waals surface area contributed by atoms with Gasteiger partial charge in [0.15, 0.2) is 0 Å². The Kier molecular flexibility index (Phi) is 7.47. The van der Waals surface area contributed by atoms with Gasteiger partial charge in [-0.1, -0.05) is 24.6 Å². The number of ether oxygens (including phenoxy) is 1. The van der Waals surface area contributed by atoms with Gasteiger partial charge < -0.3 is 19.6 Å². The summed E-state index contributed by atoms with van der Waals surface area (Å²) < 4.78 is 41.6. The summed E-state index contributed by atoms with van der Waals surface area (Å²) in [6.07, 6.45) is -2.86. The first-order valence-electron chi connectivity index (χ1n) is 12.3. The molecule has 198 valence electrons. The normalized spacial score (nSPS) is 20.8. The molecule has 4 rings (SSSR count). The van der Waals surface area contributed by atoms with Crippen LogP contribution in [-0.2, 0) is 9.59 Å². The first-order chi connectivity index (χ1) is 17.5. The molecule has 2 aromatic carbocycles. The average Bonchev–Trinajstić information content (AvgIpc) is 3.31. The number of carboxylic acids is 1. The number of alkyl halides is 3. The van der Waals surface area contributed by atoms with Crippen LogP contribution in [0.2, 0.25) is 0 Å². The maximum Gasteiger partial charge on any atom is 0.573 e. The number of nitrogens with zero attached hydrogens (tertiary/aromatic N) is 2. The average molecular weight is 519 g/mol. The highest BCUT2D eigenvalue weighted by atomic mass is 19.4. The molecule has 2 aromatic rings. The number of aliphatic carboxylic acids is 1. The summed E-state index contributed by atoms with van der Waals surface area (Å²) in [4.78, 5) is 41.6. The quantitative estimate of drug-likeness (QED) is 0.519. The monoisotopic (exact) mass is 518 g/mol. The third-order valence-corrected chi connectivity index (χ3v) is 7.03. The van der Waals surface area contributed by atoms with Crippen molar-refractivity contribution in [2.75, 3.05) is 4.90 Å². The molecule has 0 aromatic heterocycles. The molecular formula is C27H29F3N2O5. The van der Waals surface area contributed by atoms with Gasteiger partial charge >= 0.3 is 12.3 Å². The molecule has 0 unspecified atom stereocenters. The van der Waals surface area contributed by atoms with Crippen LogP contribution in [0.4, 0.5) is 18.9 Å². The van der Waals surface area contributed by atoms with Gasteiger partial charge in [0.2, 0.25) is 5.91 Å². The van der Waals surface area contributed by atoms with E-state index in [-0.39, 0.29) is 54.3 Å². The van der Waals surface area contributed by atoms with Crippen LogP contribution in [0.5, 0.6) is 5.75 Å². The van der Waals surface area contributed by atoms with Crippen LogP contribution in [0, 0.1) is 5.92 Å². The molecule has 1 N–H and O–H groups in total. The minimum absolute atomic E-state index is 0.0668. The maximum atomic E-state index is 13.7. The Bertz CT molecular complexity index is 1170. The fourth-order valence-corrected chi connectivity index (χ4v) is 5.69. The fraction of sp³-hybridized carbons (Fsp3) is 0.444. The Morgan fingerprint density at radius 1 is 1.05 bits per heavy atom. The lowest BCUT2D eigenvalue weighted by atomic mass is 9.80. The van der Waals surface area contributed by atoms with Crippen LogP contribution in [0.1, 0.15) is 67.9 Å². The number of fused-ring (bicyclic) bond motifs is 2. The van der Waals surface area contributed by atoms with E-state index in [0.29, 0.717) is 12.1 Å². The summed E-state index contributed by atoms with van der Waals surface area (Å²) in [5.41, 5.74) is 1.67. The molecule has 1 heterocycles. The van der Waals surface area contributed by atoms with Crippen molar-refractivity contribution in [1.82, 2.24) is 4.90 Å². The molecule has 0 bridgehead atoms. The largest absolute Gasteiger partial charge is 0.573 e. The van der Waals surface area contributed by atoms with Crippen LogP contribution in [-0.4, -0.2) is 46.2 Å². The highest BCUT2D eigenvalue weighted by Gasteiger charge is 2.49. The Morgan fingerprint density at radius 3 is 2.35 bits per heavy atom. The van der Waals surface area contributed by atoms with Gasteiger partial charge in [0, 0.05) is 35.7 Å². The molecule has 1 aliphatic heterocycles. The number of anilines is 1. The summed E-state index contributed by atoms with van der Waals surface area (Å²) in [7, 11) is 0. The number of carbonyl (C=O) groups excluding carboxylic acids is 2. The van der Waals surface area contributed by atoms with Crippen molar-refractivity contribution in [1.29, 1.82) is 0 Å². The van der Waals surface area contributed by atoms with Gasteiger partial charge in [0.05, 0.1) is 12.5 Å². The van der Waals surface area contributed by atoms with Crippen LogP contribution in [0.25, 0.3) is 0 Å². The smallest absolute Gasteiger partial charge is 0.481 e. The highest BCUT2D eigenvalue weighted by molar-refractivity contribution is 6.07. The van der Waals surface area contributed by atoms with E-state index in [9.17, 15) is 27.6 Å². The molecule has 1 aliphatic carbocycles. The number of carbonyl (C=O) groups is 3. The molecule has 0 spiro atoms. The summed E-state index contributed by atoms with van der Waals surface area (Å²) in [6, 6.07) is 11.5. The molecule has 2 amide bonds. The molecule has 0 radical (unpaired) electrons. The van der Waals surface area contributed by atoms with Gasteiger partial charge in [-0.3, -0.25) is 14.4 Å². The molecule has 0 saturated heterocycles. The van der Waals surface area contributed by atoms with Gasteiger partial charge in [-0.2, -0.15) is 0 Å². The summed E-state index contributed by atoms with van der Waals surface area (Å²) >= 11 is 0. The minimum atomic E-state index is -4.83. The topological polar surface area (TPSA) is 87.2 Å². The van der Waals surface area contributed by atoms with E-state index in [0.717, 1.165) is 30.5 Å². The second-order valence-electron chi connectivity index (χ2n) is 9.70. The van der Waals surface area contributed by atoms with Crippen molar-refractivity contribution in [3.63, 3.8) is 0 Å². The van der Waals surface area contributed by atoms with Crippen molar-refractivity contribution in [3.8, 4) is 5.75 Å². The lowest BCUT2D eigenvalue weighted by molar-refractivity contribution is -0.274. The lowest BCUT2D eigenvalue weighted by Gasteiger charge is -2.48. The van der Waals surface area contributed by atoms with Gasteiger partial charge in [-0.05, 0) is 62.6 Å². The van der Waals surface area contributed by atoms with E-state index in [4.69, 9.17) is 5.11 Å². The molecule has 3 atom stereocenters. The molecule has 1 saturated carbocycles. The van der Waals surface area contributed by atoms with Crippen molar-refractivity contribution < 1.29 is 37.4 Å². The fourth-order valence-electron chi connectivity index (χ4n) is 5.69. The van der Waals surface area contributed by atoms with Crippen LogP contribution in [0.3, 0.4) is 0 Å². The molecule has 1 fully saturated rings. The highest BCUT2D eigenvalue weighted by Crippen LogP contribution is 2.51. The SMILES string of the molecule is CC(C)N(C(=O)CCC(=O)O)[C@H]1c2ccccc2N(C(=O)c2ccc(OC(F)(F)F)cc2)[C@@H]2CCC[C@@H]21. The number of para-hydroxylation sites is 1. The zero-order valence-corrected chi connectivity index (χ0v) is 20.6. The first kappa shape index (κ1) is 26.5. The summed E-state index contributed by atoms with van der Waals surface area (Å²) in [5, 5.41) is 9.10. The van der Waals surface area contributed by atoms with Crippen LogP contribution >= 0.6 is 0 Å². The van der Waals surface area contributed by atoms with Gasteiger partial charge in [0.1, 0.15) is 5.75 Å². The molecule has 2 aliphatic rings. The predicted octanol–water partition coefficient (Wildman–Crippen LogP) is 5.56. The third kappa shape index (κ3) is 5.57. The number of benzene rings is 2. The van der Waals surface area contributed by atoms with E-state index >= 15 is 0 Å². The van der Waals surface area contributed by atoms with E-state index in [1.165, 1.54) is 12.1 Å². The number of amides is 2. The minimum Gasteiger partial charge on any atom is -0.481 e. The lowest BCUT2D eigenvalue weighted by Crippen LogP contribution is -2.53. The van der Waals surface area contributed by atoms with Crippen molar-refractivity contribution in [2.24, 2.45) is 5.92 Å². The summed E-state index contributed by atoms with van der Waals surface area (Å²) in [5.74, 6) is -2.10. The Morgan fingerprint density at radius 2 is 1.73 bits per heavy atom. The molecule has 10 heteroatoms. The standard InChI is InChI=1S/C27H29F3N2O5/c1-16(2)31(23(33)14-15-24(34)35)25-19-6-3-4-8-21(19)32(22-9-5-7-20(22)25)26(36)17-10-12-18(13-11-17)37-27(28,29)30/h3-4,6,8,10-13,16,20,22,25H,5,7,9,14-15H2,1-2H3,(H,34,35)/t20-,22+,25-/m0/s1. The van der Waals surface area contributed by atoms with Crippen LogP contribution in [0.15, 0.2) is 48.5 Å². The van der Waals surface area contributed by atoms with Gasteiger partial charge in [-0.15, -0.1) is 13.2 Å². The third-order valence-electron chi connectivity index (χ3n) is 7.03. The Labute approximate surface area is 212 Å². The molecule has 7 nitrogen and oxygen atoms in total. The first-order valence-corrected chi connectivity index (χ1v) is 12.3. The Balaban J connectivity index is 1.71. The van der Waals surface area contributed by atoms with Crippen molar-refractivity contribution >= 4 is 23.5 Å².